The first-order chi connectivity index (χ1) is 7.90. The number of hydrogen-bond donors (Lipinski definition) is 2. The molecule has 0 aliphatic heterocycles. The van der Waals surface area contributed by atoms with Crippen LogP contribution in [0.4, 0.5) is 0 Å². The molecule has 0 aromatic heterocycles. The third-order valence-corrected chi connectivity index (χ3v) is 3.03. The summed E-state index contributed by atoms with van der Waals surface area (Å²) in [5.41, 5.74) is 6.13. The summed E-state index contributed by atoms with van der Waals surface area (Å²) in [6.07, 6.45) is 1.21. The van der Waals surface area contributed by atoms with Gasteiger partial charge in [0.1, 0.15) is 11.6 Å². The summed E-state index contributed by atoms with van der Waals surface area (Å²) in [6.45, 7) is 6.41. The SMILES string of the molecule is CC(C)CC(C)Oc1ccc(C(=N)N)c(Br)c1. The van der Waals surface area contributed by atoms with Crippen molar-refractivity contribution in [1.82, 2.24) is 0 Å². The van der Waals surface area contributed by atoms with Gasteiger partial charge in [0.15, 0.2) is 0 Å². The fourth-order valence-electron chi connectivity index (χ4n) is 1.73. The van der Waals surface area contributed by atoms with Crippen LogP contribution in [0, 0.1) is 11.3 Å². The zero-order valence-corrected chi connectivity index (χ0v) is 12.0. The smallest absolute Gasteiger partial charge is 0.123 e. The molecule has 1 unspecified atom stereocenters. The molecule has 0 bridgehead atoms. The summed E-state index contributed by atoms with van der Waals surface area (Å²) in [6, 6.07) is 5.50. The summed E-state index contributed by atoms with van der Waals surface area (Å²) < 4.78 is 6.59. The van der Waals surface area contributed by atoms with Crippen LogP contribution in [-0.4, -0.2) is 11.9 Å². The zero-order valence-electron chi connectivity index (χ0n) is 10.5. The Kier molecular flexibility index (Phi) is 5.00. The fourth-order valence-corrected chi connectivity index (χ4v) is 2.30. The first kappa shape index (κ1) is 14.0. The van der Waals surface area contributed by atoms with Gasteiger partial charge < -0.3 is 10.5 Å². The minimum absolute atomic E-state index is 0.0543. The summed E-state index contributed by atoms with van der Waals surface area (Å²) in [7, 11) is 0. The summed E-state index contributed by atoms with van der Waals surface area (Å²) in [5, 5.41) is 7.39. The van der Waals surface area contributed by atoms with Gasteiger partial charge in [0.25, 0.3) is 0 Å². The highest BCUT2D eigenvalue weighted by atomic mass is 79.9. The van der Waals surface area contributed by atoms with E-state index in [4.69, 9.17) is 15.9 Å². The lowest BCUT2D eigenvalue weighted by Gasteiger charge is -2.17. The van der Waals surface area contributed by atoms with Crippen molar-refractivity contribution in [3.8, 4) is 5.75 Å². The number of nitrogens with two attached hydrogens (primary N) is 1. The van der Waals surface area contributed by atoms with E-state index >= 15 is 0 Å². The van der Waals surface area contributed by atoms with Crippen molar-refractivity contribution >= 4 is 21.8 Å². The molecule has 0 amide bonds. The molecule has 0 saturated carbocycles. The van der Waals surface area contributed by atoms with E-state index in [0.717, 1.165) is 16.6 Å². The van der Waals surface area contributed by atoms with Gasteiger partial charge in [-0.3, -0.25) is 5.41 Å². The molecular formula is C13H19BrN2O. The van der Waals surface area contributed by atoms with Gasteiger partial charge in [-0.05, 0) is 53.4 Å². The number of amidine groups is 1. The molecule has 94 valence electrons. The first-order valence-corrected chi connectivity index (χ1v) is 6.50. The van der Waals surface area contributed by atoms with Crippen molar-refractivity contribution < 1.29 is 4.74 Å². The standard InChI is InChI=1S/C13H19BrN2O/c1-8(2)6-9(3)17-10-4-5-11(13(15)16)12(14)7-10/h4-5,7-9H,6H2,1-3H3,(H3,15,16). The molecule has 0 aliphatic rings. The van der Waals surface area contributed by atoms with Crippen molar-refractivity contribution in [2.45, 2.75) is 33.3 Å². The van der Waals surface area contributed by atoms with E-state index in [0.29, 0.717) is 11.5 Å². The minimum Gasteiger partial charge on any atom is -0.491 e. The number of ether oxygens (including phenoxy) is 1. The average Bonchev–Trinajstić information content (AvgIpc) is 2.15. The highest BCUT2D eigenvalue weighted by Gasteiger charge is 2.09. The molecule has 4 heteroatoms. The van der Waals surface area contributed by atoms with Crippen molar-refractivity contribution in [3.05, 3.63) is 28.2 Å². The number of nitrogens with one attached hydrogen (secondary N) is 1. The molecule has 0 radical (unpaired) electrons. The van der Waals surface area contributed by atoms with Crippen LogP contribution in [0.3, 0.4) is 0 Å². The van der Waals surface area contributed by atoms with Crippen molar-refractivity contribution in [2.24, 2.45) is 11.7 Å². The van der Waals surface area contributed by atoms with Crippen LogP contribution in [0.5, 0.6) is 5.75 Å². The fraction of sp³-hybridized carbons (Fsp3) is 0.462. The van der Waals surface area contributed by atoms with Crippen LogP contribution in [0.25, 0.3) is 0 Å². The quantitative estimate of drug-likeness (QED) is 0.645. The van der Waals surface area contributed by atoms with Crippen LogP contribution >= 0.6 is 15.9 Å². The molecule has 1 aromatic rings. The Morgan fingerprint density at radius 1 is 1.41 bits per heavy atom. The molecular weight excluding hydrogens is 280 g/mol. The number of nitrogen functional groups attached to an aromatic ring is 1. The van der Waals surface area contributed by atoms with Gasteiger partial charge in [0.2, 0.25) is 0 Å². The summed E-state index contributed by atoms with van der Waals surface area (Å²) in [5.74, 6) is 1.47. The molecule has 0 spiro atoms. The molecule has 0 heterocycles. The van der Waals surface area contributed by atoms with Crippen LogP contribution in [0.1, 0.15) is 32.8 Å². The third-order valence-electron chi connectivity index (χ3n) is 2.37. The van der Waals surface area contributed by atoms with Gasteiger partial charge in [0.05, 0.1) is 6.10 Å². The predicted molar refractivity (Wildman–Crippen MR) is 74.7 cm³/mol. The third kappa shape index (κ3) is 4.38. The largest absolute Gasteiger partial charge is 0.491 e. The number of hydrogen-bond acceptors (Lipinski definition) is 2. The lowest BCUT2D eigenvalue weighted by Crippen LogP contribution is -2.15. The maximum Gasteiger partial charge on any atom is 0.123 e. The Balaban J connectivity index is 2.74. The van der Waals surface area contributed by atoms with Gasteiger partial charge in [-0.1, -0.05) is 13.8 Å². The van der Waals surface area contributed by atoms with E-state index in [9.17, 15) is 0 Å². The lowest BCUT2D eigenvalue weighted by molar-refractivity contribution is 0.193. The second kappa shape index (κ2) is 6.05. The predicted octanol–water partition coefficient (Wildman–Crippen LogP) is 3.55. The monoisotopic (exact) mass is 298 g/mol. The highest BCUT2D eigenvalue weighted by Crippen LogP contribution is 2.24. The Hall–Kier alpha value is -1.03. The topological polar surface area (TPSA) is 59.1 Å². The van der Waals surface area contributed by atoms with Gasteiger partial charge in [0, 0.05) is 10.0 Å². The second-order valence-electron chi connectivity index (χ2n) is 4.61. The number of rotatable bonds is 5. The van der Waals surface area contributed by atoms with Gasteiger partial charge in [-0.15, -0.1) is 0 Å². The molecule has 0 saturated heterocycles. The van der Waals surface area contributed by atoms with E-state index in [-0.39, 0.29) is 11.9 Å². The Morgan fingerprint density at radius 2 is 2.06 bits per heavy atom. The molecule has 1 atom stereocenters. The average molecular weight is 299 g/mol. The number of benzene rings is 1. The normalized spacial score (nSPS) is 12.5. The molecule has 17 heavy (non-hydrogen) atoms. The van der Waals surface area contributed by atoms with Gasteiger partial charge in [-0.25, -0.2) is 0 Å². The number of halogens is 1. The van der Waals surface area contributed by atoms with Crippen molar-refractivity contribution in [3.63, 3.8) is 0 Å². The van der Waals surface area contributed by atoms with Gasteiger partial charge >= 0.3 is 0 Å². The molecule has 0 fully saturated rings. The molecule has 1 rings (SSSR count). The van der Waals surface area contributed by atoms with E-state index < -0.39 is 0 Å². The summed E-state index contributed by atoms with van der Waals surface area (Å²) in [4.78, 5) is 0. The van der Waals surface area contributed by atoms with Crippen molar-refractivity contribution in [1.29, 1.82) is 5.41 Å². The maximum atomic E-state index is 7.39. The van der Waals surface area contributed by atoms with E-state index in [1.807, 2.05) is 12.1 Å². The molecule has 3 nitrogen and oxygen atoms in total. The Morgan fingerprint density at radius 3 is 2.53 bits per heavy atom. The molecule has 0 aliphatic carbocycles. The van der Waals surface area contributed by atoms with E-state index in [1.165, 1.54) is 0 Å². The minimum atomic E-state index is 0.0543. The molecule has 3 N–H and O–H groups in total. The van der Waals surface area contributed by atoms with Crippen LogP contribution in [0.2, 0.25) is 0 Å². The van der Waals surface area contributed by atoms with Crippen LogP contribution in [0.15, 0.2) is 22.7 Å². The zero-order chi connectivity index (χ0) is 13.0. The Labute approximate surface area is 111 Å². The molecule has 1 aromatic carbocycles. The first-order valence-electron chi connectivity index (χ1n) is 5.70. The van der Waals surface area contributed by atoms with Crippen LogP contribution in [-0.2, 0) is 0 Å². The lowest BCUT2D eigenvalue weighted by atomic mass is 10.1. The highest BCUT2D eigenvalue weighted by molar-refractivity contribution is 9.10. The van der Waals surface area contributed by atoms with E-state index in [2.05, 4.69) is 36.7 Å². The van der Waals surface area contributed by atoms with E-state index in [1.54, 1.807) is 6.07 Å². The Bertz CT molecular complexity index is 404. The summed E-state index contributed by atoms with van der Waals surface area (Å²) >= 11 is 3.39. The van der Waals surface area contributed by atoms with Crippen molar-refractivity contribution in [2.75, 3.05) is 0 Å². The maximum absolute atomic E-state index is 7.39. The second-order valence-corrected chi connectivity index (χ2v) is 5.47. The van der Waals surface area contributed by atoms with Gasteiger partial charge in [-0.2, -0.15) is 0 Å². The van der Waals surface area contributed by atoms with Crippen LogP contribution < -0.4 is 10.5 Å².